The SMILES string of the molecule is C=CCN(CC=C)CCc1nc(C)c(CC(=O)O)s1. The van der Waals surface area contributed by atoms with Crippen molar-refractivity contribution in [2.24, 2.45) is 0 Å². The highest BCUT2D eigenvalue weighted by atomic mass is 32.1. The van der Waals surface area contributed by atoms with Gasteiger partial charge >= 0.3 is 5.97 Å². The molecular weight excluding hydrogens is 260 g/mol. The Balaban J connectivity index is 2.59. The van der Waals surface area contributed by atoms with Crippen LogP contribution in [0.2, 0.25) is 0 Å². The summed E-state index contributed by atoms with van der Waals surface area (Å²) < 4.78 is 0. The fourth-order valence-corrected chi connectivity index (χ4v) is 2.82. The molecule has 0 saturated carbocycles. The second-order valence-electron chi connectivity index (χ2n) is 4.27. The molecule has 104 valence electrons. The number of thiazole rings is 1. The standard InChI is InChI=1S/C14H20N2O2S/c1-4-7-16(8-5-2)9-6-13-15-11(3)12(19-13)10-14(17)18/h4-5H,1-2,6-10H2,3H3,(H,17,18). The molecule has 0 atom stereocenters. The van der Waals surface area contributed by atoms with Gasteiger partial charge in [-0.3, -0.25) is 9.69 Å². The van der Waals surface area contributed by atoms with Crippen LogP contribution in [0.5, 0.6) is 0 Å². The molecular formula is C14H20N2O2S. The van der Waals surface area contributed by atoms with Crippen LogP contribution in [0.25, 0.3) is 0 Å². The lowest BCUT2D eigenvalue weighted by atomic mass is 10.3. The molecule has 5 heteroatoms. The molecule has 0 radical (unpaired) electrons. The molecule has 4 nitrogen and oxygen atoms in total. The van der Waals surface area contributed by atoms with Gasteiger partial charge < -0.3 is 5.11 Å². The number of carboxylic acid groups (broad SMARTS) is 1. The van der Waals surface area contributed by atoms with Crippen LogP contribution in [-0.2, 0) is 17.6 Å². The summed E-state index contributed by atoms with van der Waals surface area (Å²) in [4.78, 5) is 18.2. The van der Waals surface area contributed by atoms with Crippen LogP contribution in [0.3, 0.4) is 0 Å². The molecule has 1 N–H and O–H groups in total. The zero-order chi connectivity index (χ0) is 14.3. The lowest BCUT2D eigenvalue weighted by Gasteiger charge is -2.17. The van der Waals surface area contributed by atoms with Crippen molar-refractivity contribution in [2.45, 2.75) is 19.8 Å². The Morgan fingerprint density at radius 2 is 2.05 bits per heavy atom. The third kappa shape index (κ3) is 5.36. The van der Waals surface area contributed by atoms with E-state index in [0.29, 0.717) is 0 Å². The lowest BCUT2D eigenvalue weighted by Crippen LogP contribution is -2.26. The third-order valence-corrected chi connectivity index (χ3v) is 3.88. The Bertz CT molecular complexity index is 444. The van der Waals surface area contributed by atoms with Gasteiger partial charge in [-0.1, -0.05) is 12.2 Å². The van der Waals surface area contributed by atoms with Gasteiger partial charge in [0, 0.05) is 30.9 Å². The molecule has 0 aliphatic heterocycles. The van der Waals surface area contributed by atoms with Crippen LogP contribution in [0, 0.1) is 6.92 Å². The predicted molar refractivity (Wildman–Crippen MR) is 78.7 cm³/mol. The van der Waals surface area contributed by atoms with Crippen LogP contribution in [-0.4, -0.2) is 40.6 Å². The summed E-state index contributed by atoms with van der Waals surface area (Å²) in [6, 6.07) is 0. The number of aliphatic carboxylic acids is 1. The van der Waals surface area contributed by atoms with Crippen LogP contribution in [0.15, 0.2) is 25.3 Å². The number of aryl methyl sites for hydroxylation is 1. The highest BCUT2D eigenvalue weighted by molar-refractivity contribution is 7.11. The summed E-state index contributed by atoms with van der Waals surface area (Å²) >= 11 is 1.50. The van der Waals surface area contributed by atoms with Crippen LogP contribution < -0.4 is 0 Å². The van der Waals surface area contributed by atoms with E-state index in [2.05, 4.69) is 23.0 Å². The minimum absolute atomic E-state index is 0.0620. The first kappa shape index (κ1) is 15.6. The molecule has 0 saturated heterocycles. The van der Waals surface area contributed by atoms with Gasteiger partial charge in [0.25, 0.3) is 0 Å². The molecule has 0 aliphatic carbocycles. The zero-order valence-corrected chi connectivity index (χ0v) is 12.1. The maximum atomic E-state index is 10.7. The van der Waals surface area contributed by atoms with E-state index in [1.165, 1.54) is 11.3 Å². The number of rotatable bonds is 9. The monoisotopic (exact) mass is 280 g/mol. The summed E-state index contributed by atoms with van der Waals surface area (Å²) in [5.41, 5.74) is 0.835. The van der Waals surface area contributed by atoms with Gasteiger partial charge in [0.05, 0.1) is 17.1 Å². The summed E-state index contributed by atoms with van der Waals surface area (Å²) in [5.74, 6) is -0.807. The molecule has 0 bridgehead atoms. The normalized spacial score (nSPS) is 10.6. The second kappa shape index (κ2) is 7.86. The molecule has 1 aromatic heterocycles. The van der Waals surface area contributed by atoms with E-state index in [9.17, 15) is 4.79 Å². The van der Waals surface area contributed by atoms with Crippen LogP contribution >= 0.6 is 11.3 Å². The maximum Gasteiger partial charge on any atom is 0.308 e. The lowest BCUT2D eigenvalue weighted by molar-refractivity contribution is -0.136. The molecule has 0 amide bonds. The average molecular weight is 280 g/mol. The summed E-state index contributed by atoms with van der Waals surface area (Å²) in [5, 5.41) is 9.80. The van der Waals surface area contributed by atoms with E-state index in [0.717, 1.165) is 41.6 Å². The Morgan fingerprint density at radius 1 is 1.42 bits per heavy atom. The Hall–Kier alpha value is -1.46. The number of aromatic nitrogens is 1. The fourth-order valence-electron chi connectivity index (χ4n) is 1.77. The van der Waals surface area contributed by atoms with Crippen LogP contribution in [0.1, 0.15) is 15.6 Å². The molecule has 0 fully saturated rings. The van der Waals surface area contributed by atoms with Crippen molar-refractivity contribution in [1.82, 2.24) is 9.88 Å². The fraction of sp³-hybridized carbons (Fsp3) is 0.429. The third-order valence-electron chi connectivity index (χ3n) is 2.67. The quantitative estimate of drug-likeness (QED) is 0.705. The van der Waals surface area contributed by atoms with Crippen molar-refractivity contribution >= 4 is 17.3 Å². The molecule has 19 heavy (non-hydrogen) atoms. The largest absolute Gasteiger partial charge is 0.481 e. The molecule has 0 aromatic carbocycles. The van der Waals surface area contributed by atoms with Gasteiger partial charge in [0.2, 0.25) is 0 Å². The smallest absolute Gasteiger partial charge is 0.308 e. The highest BCUT2D eigenvalue weighted by Crippen LogP contribution is 2.19. The highest BCUT2D eigenvalue weighted by Gasteiger charge is 2.11. The van der Waals surface area contributed by atoms with Gasteiger partial charge in [-0.15, -0.1) is 24.5 Å². The van der Waals surface area contributed by atoms with Crippen molar-refractivity contribution in [3.8, 4) is 0 Å². The molecule has 0 aliphatic rings. The number of nitrogens with zero attached hydrogens (tertiary/aromatic N) is 2. The maximum absolute atomic E-state index is 10.7. The Morgan fingerprint density at radius 3 is 2.58 bits per heavy atom. The first-order valence-corrected chi connectivity index (χ1v) is 6.99. The van der Waals surface area contributed by atoms with Gasteiger partial charge in [-0.05, 0) is 6.92 Å². The predicted octanol–water partition coefficient (Wildman–Crippen LogP) is 2.30. The van der Waals surface area contributed by atoms with Crippen molar-refractivity contribution in [2.75, 3.05) is 19.6 Å². The Labute approximate surface area is 118 Å². The topological polar surface area (TPSA) is 53.4 Å². The first-order valence-electron chi connectivity index (χ1n) is 6.18. The van der Waals surface area contributed by atoms with Crippen molar-refractivity contribution < 1.29 is 9.90 Å². The molecule has 1 heterocycles. The second-order valence-corrected chi connectivity index (χ2v) is 5.44. The van der Waals surface area contributed by atoms with Gasteiger partial charge in [-0.25, -0.2) is 4.98 Å². The van der Waals surface area contributed by atoms with Crippen molar-refractivity contribution in [3.05, 3.63) is 40.9 Å². The summed E-state index contributed by atoms with van der Waals surface area (Å²) in [7, 11) is 0. The van der Waals surface area contributed by atoms with E-state index in [1.807, 2.05) is 19.1 Å². The molecule has 1 rings (SSSR count). The number of carboxylic acids is 1. The molecule has 1 aromatic rings. The summed E-state index contributed by atoms with van der Waals surface area (Å²) in [6.07, 6.45) is 4.62. The van der Waals surface area contributed by atoms with E-state index >= 15 is 0 Å². The van der Waals surface area contributed by atoms with Gasteiger partial charge in [0.1, 0.15) is 0 Å². The average Bonchev–Trinajstić information content (AvgIpc) is 2.67. The molecule has 0 spiro atoms. The number of hydrogen-bond donors (Lipinski definition) is 1. The van der Waals surface area contributed by atoms with E-state index in [4.69, 9.17) is 5.11 Å². The zero-order valence-electron chi connectivity index (χ0n) is 11.3. The number of hydrogen-bond acceptors (Lipinski definition) is 4. The number of carbonyl (C=O) groups is 1. The molecule has 0 unspecified atom stereocenters. The van der Waals surface area contributed by atoms with E-state index in [1.54, 1.807) is 0 Å². The summed E-state index contributed by atoms with van der Waals surface area (Å²) in [6.45, 7) is 11.8. The minimum Gasteiger partial charge on any atom is -0.481 e. The first-order chi connectivity index (χ1) is 9.06. The van der Waals surface area contributed by atoms with Crippen molar-refractivity contribution in [3.63, 3.8) is 0 Å². The Kier molecular flexibility index (Phi) is 6.45. The van der Waals surface area contributed by atoms with Crippen LogP contribution in [0.4, 0.5) is 0 Å². The van der Waals surface area contributed by atoms with Gasteiger partial charge in [-0.2, -0.15) is 0 Å². The van der Waals surface area contributed by atoms with E-state index < -0.39 is 5.97 Å². The minimum atomic E-state index is -0.807. The van der Waals surface area contributed by atoms with Crippen molar-refractivity contribution in [1.29, 1.82) is 0 Å². The van der Waals surface area contributed by atoms with E-state index in [-0.39, 0.29) is 6.42 Å². The van der Waals surface area contributed by atoms with Gasteiger partial charge in [0.15, 0.2) is 0 Å².